The maximum atomic E-state index is 13.0. The van der Waals surface area contributed by atoms with Crippen molar-refractivity contribution >= 4 is 33.0 Å². The molecule has 1 aromatic heterocycles. The Morgan fingerprint density at radius 2 is 1.93 bits per heavy atom. The fourth-order valence-electron chi connectivity index (χ4n) is 2.29. The molecule has 2 aromatic carbocycles. The number of carbonyl (C=O) groups excluding carboxylic acids is 1. The van der Waals surface area contributed by atoms with Crippen LogP contribution < -0.4 is 14.9 Å². The van der Waals surface area contributed by atoms with Gasteiger partial charge in [0.15, 0.2) is 4.21 Å². The van der Waals surface area contributed by atoms with Crippen LogP contribution in [0, 0.1) is 5.82 Å². The molecular formula is C17H14FN3O5S2. The smallest absolute Gasteiger partial charge is 0.274 e. The second-order valence-corrected chi connectivity index (χ2v) is 8.39. The van der Waals surface area contributed by atoms with Gasteiger partial charge < -0.3 is 4.74 Å². The van der Waals surface area contributed by atoms with Gasteiger partial charge in [0.1, 0.15) is 16.6 Å². The number of carbonyl (C=O) groups is 1. The summed E-state index contributed by atoms with van der Waals surface area (Å²) in [5.74, 6) is -1.08. The largest absolute Gasteiger partial charge is 0.495 e. The van der Waals surface area contributed by atoms with Gasteiger partial charge in [0.25, 0.3) is 15.9 Å². The number of hydroxylamine groups is 1. The Labute approximate surface area is 163 Å². The van der Waals surface area contributed by atoms with Crippen LogP contribution in [0.5, 0.6) is 5.75 Å². The zero-order valence-corrected chi connectivity index (χ0v) is 16.0. The molecule has 8 nitrogen and oxygen atoms in total. The van der Waals surface area contributed by atoms with Crippen molar-refractivity contribution in [1.29, 1.82) is 0 Å². The Morgan fingerprint density at radius 1 is 1.21 bits per heavy atom. The average molecular weight is 423 g/mol. The fourth-order valence-corrected chi connectivity index (χ4v) is 4.49. The Kier molecular flexibility index (Phi) is 5.58. The number of thiazole rings is 1. The minimum Gasteiger partial charge on any atom is -0.495 e. The number of halogens is 1. The van der Waals surface area contributed by atoms with Crippen LogP contribution in [0.1, 0.15) is 10.4 Å². The van der Waals surface area contributed by atoms with Crippen molar-refractivity contribution in [1.82, 2.24) is 10.5 Å². The average Bonchev–Trinajstić information content (AvgIpc) is 3.19. The molecule has 0 aliphatic heterocycles. The molecule has 1 amide bonds. The minimum absolute atomic E-state index is 0.0499. The molecule has 28 heavy (non-hydrogen) atoms. The third-order valence-corrected chi connectivity index (χ3v) is 6.52. The summed E-state index contributed by atoms with van der Waals surface area (Å²) in [6.45, 7) is 0. The second-order valence-electron chi connectivity index (χ2n) is 5.45. The highest BCUT2D eigenvalue weighted by Crippen LogP contribution is 2.32. The van der Waals surface area contributed by atoms with Crippen molar-refractivity contribution in [2.75, 3.05) is 11.8 Å². The molecule has 3 N–H and O–H groups in total. The molecule has 0 spiro atoms. The number of sulfonamides is 1. The van der Waals surface area contributed by atoms with E-state index in [4.69, 9.17) is 9.94 Å². The van der Waals surface area contributed by atoms with E-state index in [0.717, 1.165) is 11.3 Å². The highest BCUT2D eigenvalue weighted by atomic mass is 32.2. The number of aromatic nitrogens is 1. The maximum Gasteiger partial charge on any atom is 0.274 e. The van der Waals surface area contributed by atoms with Crippen LogP contribution in [-0.2, 0) is 10.0 Å². The van der Waals surface area contributed by atoms with Crippen LogP contribution in [0.25, 0.3) is 10.6 Å². The third-order valence-electron chi connectivity index (χ3n) is 3.65. The molecule has 0 fully saturated rings. The van der Waals surface area contributed by atoms with Crippen molar-refractivity contribution in [2.24, 2.45) is 0 Å². The van der Waals surface area contributed by atoms with Gasteiger partial charge >= 0.3 is 0 Å². The minimum atomic E-state index is -3.98. The van der Waals surface area contributed by atoms with E-state index in [1.165, 1.54) is 61.3 Å². The predicted octanol–water partition coefficient (Wildman–Crippen LogP) is 2.88. The van der Waals surface area contributed by atoms with Crippen molar-refractivity contribution < 1.29 is 27.5 Å². The lowest BCUT2D eigenvalue weighted by molar-refractivity contribution is 0.0706. The maximum absolute atomic E-state index is 13.0. The SMILES string of the molecule is COc1cc(C(=O)NO)ccc1NS(=O)(=O)c1cnc(-c2ccc(F)cc2)s1. The Balaban J connectivity index is 1.88. The zero-order chi connectivity index (χ0) is 20.3. The first-order valence-corrected chi connectivity index (χ1v) is 10.0. The topological polar surface area (TPSA) is 118 Å². The van der Waals surface area contributed by atoms with Crippen LogP contribution in [0.15, 0.2) is 52.9 Å². The van der Waals surface area contributed by atoms with Crippen molar-refractivity contribution in [3.63, 3.8) is 0 Å². The lowest BCUT2D eigenvalue weighted by Gasteiger charge is -2.11. The number of methoxy groups -OCH3 is 1. The Hall–Kier alpha value is -3.02. The van der Waals surface area contributed by atoms with E-state index in [-0.39, 0.29) is 21.2 Å². The Bertz CT molecular complexity index is 1110. The van der Waals surface area contributed by atoms with Gasteiger partial charge in [-0.25, -0.2) is 23.3 Å². The summed E-state index contributed by atoms with van der Waals surface area (Å²) in [4.78, 5) is 15.6. The van der Waals surface area contributed by atoms with Gasteiger partial charge in [-0.15, -0.1) is 11.3 Å². The molecule has 0 bridgehead atoms. The van der Waals surface area contributed by atoms with E-state index >= 15 is 0 Å². The number of hydrogen-bond acceptors (Lipinski definition) is 7. The van der Waals surface area contributed by atoms with E-state index in [9.17, 15) is 17.6 Å². The number of benzene rings is 2. The molecule has 0 atom stereocenters. The summed E-state index contributed by atoms with van der Waals surface area (Å²) < 4.78 is 45.8. The summed E-state index contributed by atoms with van der Waals surface area (Å²) in [6.07, 6.45) is 1.20. The monoisotopic (exact) mass is 423 g/mol. The molecule has 11 heteroatoms. The highest BCUT2D eigenvalue weighted by Gasteiger charge is 2.21. The molecule has 0 unspecified atom stereocenters. The van der Waals surface area contributed by atoms with Crippen molar-refractivity contribution in [3.05, 3.63) is 60.0 Å². The van der Waals surface area contributed by atoms with E-state index in [2.05, 4.69) is 9.71 Å². The van der Waals surface area contributed by atoms with E-state index < -0.39 is 21.7 Å². The first-order chi connectivity index (χ1) is 13.3. The Morgan fingerprint density at radius 3 is 2.57 bits per heavy atom. The van der Waals surface area contributed by atoms with Gasteiger partial charge in [0.2, 0.25) is 0 Å². The lowest BCUT2D eigenvalue weighted by Crippen LogP contribution is -2.19. The second kappa shape index (κ2) is 7.92. The molecule has 0 aliphatic rings. The predicted molar refractivity (Wildman–Crippen MR) is 101 cm³/mol. The zero-order valence-electron chi connectivity index (χ0n) is 14.3. The lowest BCUT2D eigenvalue weighted by atomic mass is 10.2. The van der Waals surface area contributed by atoms with Gasteiger partial charge in [0.05, 0.1) is 19.0 Å². The number of nitrogens with zero attached hydrogens (tertiary/aromatic N) is 1. The van der Waals surface area contributed by atoms with Crippen molar-refractivity contribution in [3.8, 4) is 16.3 Å². The van der Waals surface area contributed by atoms with Gasteiger partial charge in [-0.1, -0.05) is 0 Å². The van der Waals surface area contributed by atoms with Gasteiger partial charge in [0, 0.05) is 11.1 Å². The summed E-state index contributed by atoms with van der Waals surface area (Å²) in [6, 6.07) is 9.47. The molecule has 3 aromatic rings. The quantitative estimate of drug-likeness (QED) is 0.415. The fraction of sp³-hybridized carbons (Fsp3) is 0.0588. The van der Waals surface area contributed by atoms with Gasteiger partial charge in [-0.05, 0) is 42.5 Å². The number of ether oxygens (including phenoxy) is 1. The molecule has 0 saturated carbocycles. The van der Waals surface area contributed by atoms with Crippen molar-refractivity contribution in [2.45, 2.75) is 4.21 Å². The van der Waals surface area contributed by atoms with Crippen LogP contribution >= 0.6 is 11.3 Å². The van der Waals surface area contributed by atoms with Crippen LogP contribution in [0.3, 0.4) is 0 Å². The number of hydrogen-bond donors (Lipinski definition) is 3. The number of amides is 1. The van der Waals surface area contributed by atoms with Gasteiger partial charge in [-0.3, -0.25) is 14.7 Å². The number of nitrogens with one attached hydrogen (secondary N) is 2. The van der Waals surface area contributed by atoms with E-state index in [1.54, 1.807) is 0 Å². The van der Waals surface area contributed by atoms with E-state index in [1.807, 2.05) is 0 Å². The first kappa shape index (κ1) is 19.7. The molecule has 1 heterocycles. The molecule has 3 rings (SSSR count). The summed E-state index contributed by atoms with van der Waals surface area (Å²) in [5.41, 5.74) is 2.26. The normalized spacial score (nSPS) is 11.1. The van der Waals surface area contributed by atoms with Crippen LogP contribution in [0.4, 0.5) is 10.1 Å². The summed E-state index contributed by atoms with van der Waals surface area (Å²) >= 11 is 0.921. The molecule has 0 saturated heterocycles. The third kappa shape index (κ3) is 4.11. The van der Waals surface area contributed by atoms with Crippen LogP contribution in [0.2, 0.25) is 0 Å². The van der Waals surface area contributed by atoms with E-state index in [0.29, 0.717) is 10.6 Å². The summed E-state index contributed by atoms with van der Waals surface area (Å²) in [5, 5.41) is 9.11. The van der Waals surface area contributed by atoms with Crippen LogP contribution in [-0.4, -0.2) is 31.6 Å². The molecule has 0 aliphatic carbocycles. The molecule has 146 valence electrons. The molecular weight excluding hydrogens is 409 g/mol. The first-order valence-electron chi connectivity index (χ1n) is 7.71. The number of rotatable bonds is 6. The number of anilines is 1. The standard InChI is InChI=1S/C17H14FN3O5S2/c1-26-14-8-11(16(22)20-23)4-7-13(14)21-28(24,25)15-9-19-17(27-15)10-2-5-12(18)6-3-10/h2-9,21,23H,1H3,(H,20,22). The molecule has 0 radical (unpaired) electrons. The highest BCUT2D eigenvalue weighted by molar-refractivity contribution is 7.94. The summed E-state index contributed by atoms with van der Waals surface area (Å²) in [7, 11) is -2.67. The van der Waals surface area contributed by atoms with Gasteiger partial charge in [-0.2, -0.15) is 0 Å².